The number of anilines is 1. The summed E-state index contributed by atoms with van der Waals surface area (Å²) in [4.78, 5) is 15.2. The summed E-state index contributed by atoms with van der Waals surface area (Å²) in [5, 5.41) is 17.2. The van der Waals surface area contributed by atoms with Gasteiger partial charge in [0.1, 0.15) is 11.4 Å². The van der Waals surface area contributed by atoms with Crippen LogP contribution in [0.3, 0.4) is 0 Å². The number of hydrogen-bond acceptors (Lipinski definition) is 3. The number of carbonyl (C=O) groups is 1. The predicted octanol–water partition coefficient (Wildman–Crippen LogP) is 5.60. The van der Waals surface area contributed by atoms with E-state index in [1.165, 1.54) is 0 Å². The van der Waals surface area contributed by atoms with Gasteiger partial charge in [-0.2, -0.15) is 5.10 Å². The maximum Gasteiger partial charge on any atom is 0.277 e. The SMILES string of the molecule is Cc1ccc(N2C(=O)c3[nH]nc(-c4ccc(Br)cc4)c3[C@H]2c2ccc(O)cc2)cc1. The first kappa shape index (κ1) is 18.6. The molecule has 0 bridgehead atoms. The van der Waals surface area contributed by atoms with E-state index in [4.69, 9.17) is 0 Å². The minimum absolute atomic E-state index is 0.122. The Morgan fingerprint density at radius 2 is 1.63 bits per heavy atom. The first-order chi connectivity index (χ1) is 14.5. The second-order valence-electron chi connectivity index (χ2n) is 7.37. The number of aromatic hydroxyl groups is 1. The Labute approximate surface area is 182 Å². The number of aromatic nitrogens is 2. The highest BCUT2D eigenvalue weighted by molar-refractivity contribution is 9.10. The average Bonchev–Trinajstić information content (AvgIpc) is 3.29. The molecule has 5 nitrogen and oxygen atoms in total. The summed E-state index contributed by atoms with van der Waals surface area (Å²) in [6.45, 7) is 2.02. The molecule has 4 aromatic rings. The van der Waals surface area contributed by atoms with E-state index in [0.717, 1.165) is 38.1 Å². The fourth-order valence-corrected chi connectivity index (χ4v) is 4.18. The number of nitrogens with one attached hydrogen (secondary N) is 1. The van der Waals surface area contributed by atoms with Crippen molar-refractivity contribution in [2.75, 3.05) is 4.90 Å². The van der Waals surface area contributed by atoms with E-state index in [1.807, 2.05) is 67.6 Å². The van der Waals surface area contributed by atoms with Crippen LogP contribution in [-0.2, 0) is 0 Å². The number of phenolic OH excluding ortho intramolecular Hbond substituents is 1. The molecule has 3 aromatic carbocycles. The molecule has 0 radical (unpaired) electrons. The maximum absolute atomic E-state index is 13.4. The van der Waals surface area contributed by atoms with Gasteiger partial charge in [0, 0.05) is 21.3 Å². The Hall–Kier alpha value is -3.38. The van der Waals surface area contributed by atoms with Gasteiger partial charge in [-0.1, -0.05) is 57.9 Å². The van der Waals surface area contributed by atoms with Crippen molar-refractivity contribution in [3.8, 4) is 17.0 Å². The van der Waals surface area contributed by atoms with Crippen molar-refractivity contribution >= 4 is 27.5 Å². The molecule has 148 valence electrons. The third-order valence-electron chi connectivity index (χ3n) is 5.41. The number of fused-ring (bicyclic) bond motifs is 1. The molecule has 1 atom stereocenters. The largest absolute Gasteiger partial charge is 0.508 e. The van der Waals surface area contributed by atoms with Gasteiger partial charge in [0.05, 0.1) is 11.7 Å². The number of amides is 1. The molecule has 0 spiro atoms. The lowest BCUT2D eigenvalue weighted by Gasteiger charge is -2.26. The average molecular weight is 460 g/mol. The smallest absolute Gasteiger partial charge is 0.277 e. The number of aromatic amines is 1. The number of hydrogen-bond donors (Lipinski definition) is 2. The number of carbonyl (C=O) groups excluding carboxylic acids is 1. The van der Waals surface area contributed by atoms with Crippen LogP contribution in [0.2, 0.25) is 0 Å². The van der Waals surface area contributed by atoms with Gasteiger partial charge in [0.2, 0.25) is 0 Å². The van der Waals surface area contributed by atoms with Crippen LogP contribution in [0.1, 0.15) is 33.2 Å². The Bertz CT molecular complexity index is 1230. The molecule has 0 fully saturated rings. The highest BCUT2D eigenvalue weighted by Crippen LogP contribution is 2.45. The summed E-state index contributed by atoms with van der Waals surface area (Å²) >= 11 is 3.47. The van der Waals surface area contributed by atoms with Crippen molar-refractivity contribution in [2.45, 2.75) is 13.0 Å². The molecular formula is C24H18BrN3O2. The summed E-state index contributed by atoms with van der Waals surface area (Å²) in [6, 6.07) is 22.4. The van der Waals surface area contributed by atoms with Crippen molar-refractivity contribution < 1.29 is 9.90 Å². The molecule has 2 heterocycles. The highest BCUT2D eigenvalue weighted by atomic mass is 79.9. The Morgan fingerprint density at radius 1 is 0.967 bits per heavy atom. The van der Waals surface area contributed by atoms with Crippen LogP contribution in [0.15, 0.2) is 77.3 Å². The molecule has 0 aliphatic carbocycles. The molecule has 30 heavy (non-hydrogen) atoms. The summed E-state index contributed by atoms with van der Waals surface area (Å²) in [6.07, 6.45) is 0. The number of aryl methyl sites for hydroxylation is 1. The van der Waals surface area contributed by atoms with Crippen molar-refractivity contribution in [3.63, 3.8) is 0 Å². The van der Waals surface area contributed by atoms with Crippen LogP contribution in [0.4, 0.5) is 5.69 Å². The normalized spacial score (nSPS) is 15.5. The van der Waals surface area contributed by atoms with Gasteiger partial charge >= 0.3 is 0 Å². The minimum atomic E-state index is -0.354. The summed E-state index contributed by atoms with van der Waals surface area (Å²) < 4.78 is 0.978. The second-order valence-corrected chi connectivity index (χ2v) is 8.29. The van der Waals surface area contributed by atoms with Crippen LogP contribution in [0.5, 0.6) is 5.75 Å². The molecule has 0 saturated carbocycles. The predicted molar refractivity (Wildman–Crippen MR) is 120 cm³/mol. The monoisotopic (exact) mass is 459 g/mol. The number of halogens is 1. The van der Waals surface area contributed by atoms with Gasteiger partial charge in [-0.05, 0) is 48.9 Å². The van der Waals surface area contributed by atoms with Gasteiger partial charge in [0.15, 0.2) is 0 Å². The zero-order valence-corrected chi connectivity index (χ0v) is 17.7. The molecule has 1 aliphatic rings. The van der Waals surface area contributed by atoms with E-state index < -0.39 is 0 Å². The zero-order chi connectivity index (χ0) is 20.8. The number of H-pyrrole nitrogens is 1. The van der Waals surface area contributed by atoms with E-state index in [1.54, 1.807) is 17.0 Å². The van der Waals surface area contributed by atoms with Crippen molar-refractivity contribution in [1.82, 2.24) is 10.2 Å². The third-order valence-corrected chi connectivity index (χ3v) is 5.94. The van der Waals surface area contributed by atoms with Gasteiger partial charge in [-0.3, -0.25) is 14.8 Å². The summed E-state index contributed by atoms with van der Waals surface area (Å²) in [7, 11) is 0. The second kappa shape index (κ2) is 7.15. The van der Waals surface area contributed by atoms with E-state index in [-0.39, 0.29) is 17.7 Å². The first-order valence-corrected chi connectivity index (χ1v) is 10.4. The minimum Gasteiger partial charge on any atom is -0.508 e. The molecular weight excluding hydrogens is 442 g/mol. The van der Waals surface area contributed by atoms with Gasteiger partial charge in [-0.15, -0.1) is 0 Å². The Morgan fingerprint density at radius 3 is 2.30 bits per heavy atom. The fraction of sp³-hybridized carbons (Fsp3) is 0.0833. The quantitative estimate of drug-likeness (QED) is 0.418. The molecule has 1 aromatic heterocycles. The molecule has 0 saturated heterocycles. The molecule has 1 aliphatic heterocycles. The Balaban J connectivity index is 1.71. The Kier molecular flexibility index (Phi) is 4.44. The third kappa shape index (κ3) is 3.00. The van der Waals surface area contributed by atoms with Crippen molar-refractivity contribution in [2.24, 2.45) is 0 Å². The topological polar surface area (TPSA) is 69.2 Å². The van der Waals surface area contributed by atoms with Gasteiger partial charge < -0.3 is 5.11 Å². The summed E-state index contributed by atoms with van der Waals surface area (Å²) in [5.74, 6) is 0.0632. The van der Waals surface area contributed by atoms with E-state index >= 15 is 0 Å². The fourth-order valence-electron chi connectivity index (χ4n) is 3.92. The number of benzene rings is 3. The van der Waals surface area contributed by atoms with E-state index in [0.29, 0.717) is 5.69 Å². The maximum atomic E-state index is 13.4. The highest BCUT2D eigenvalue weighted by Gasteiger charge is 2.43. The van der Waals surface area contributed by atoms with Crippen molar-refractivity contribution in [1.29, 1.82) is 0 Å². The van der Waals surface area contributed by atoms with Crippen LogP contribution in [-0.4, -0.2) is 21.2 Å². The first-order valence-electron chi connectivity index (χ1n) is 9.56. The van der Waals surface area contributed by atoms with Crippen LogP contribution in [0.25, 0.3) is 11.3 Å². The molecule has 0 unspecified atom stereocenters. The zero-order valence-electron chi connectivity index (χ0n) is 16.1. The molecule has 2 N–H and O–H groups in total. The summed E-state index contributed by atoms with van der Waals surface area (Å²) in [5.41, 5.74) is 5.86. The number of rotatable bonds is 3. The molecule has 1 amide bonds. The van der Waals surface area contributed by atoms with Gasteiger partial charge in [-0.25, -0.2) is 0 Å². The lowest BCUT2D eigenvalue weighted by molar-refractivity contribution is 0.0989. The number of phenols is 1. The molecule has 6 heteroatoms. The standard InChI is InChI=1S/C24H18BrN3O2/c1-14-2-10-18(11-3-14)28-23(16-6-12-19(29)13-7-16)20-21(26-27-22(20)24(28)30)15-4-8-17(25)9-5-15/h2-13,23,29H,1H3,(H,26,27)/t23-/m1/s1. The lowest BCUT2D eigenvalue weighted by atomic mass is 9.96. The van der Waals surface area contributed by atoms with Crippen molar-refractivity contribution in [3.05, 3.63) is 99.7 Å². The van der Waals surface area contributed by atoms with Crippen LogP contribution in [0, 0.1) is 6.92 Å². The van der Waals surface area contributed by atoms with E-state index in [2.05, 4.69) is 26.1 Å². The van der Waals surface area contributed by atoms with E-state index in [9.17, 15) is 9.90 Å². The number of nitrogens with zero attached hydrogens (tertiary/aromatic N) is 2. The van der Waals surface area contributed by atoms with Crippen LogP contribution >= 0.6 is 15.9 Å². The lowest BCUT2D eigenvalue weighted by Crippen LogP contribution is -2.29. The van der Waals surface area contributed by atoms with Gasteiger partial charge in [0.25, 0.3) is 5.91 Å². The van der Waals surface area contributed by atoms with Crippen LogP contribution < -0.4 is 4.90 Å². The molecule has 5 rings (SSSR count).